The lowest BCUT2D eigenvalue weighted by Gasteiger charge is -2.22. The topological polar surface area (TPSA) is 105 Å². The number of thioether (sulfide) groups is 1. The molecule has 1 fully saturated rings. The zero-order valence-corrected chi connectivity index (χ0v) is 17.6. The van der Waals surface area contributed by atoms with Gasteiger partial charge in [0.1, 0.15) is 0 Å². The van der Waals surface area contributed by atoms with E-state index in [9.17, 15) is 18.0 Å². The molecule has 1 aromatic rings. The lowest BCUT2D eigenvalue weighted by atomic mass is 10.1. The maximum absolute atomic E-state index is 12.4. The van der Waals surface area contributed by atoms with E-state index in [1.165, 1.54) is 24.6 Å². The molecule has 1 amide bonds. The SMILES string of the molecule is O=C(COC(=O)c1ccc2c(c1)SC1=NS(=O)(=O)CCN12)NC1CCCCCC1. The highest BCUT2D eigenvalue weighted by Gasteiger charge is 2.33. The van der Waals surface area contributed by atoms with Crippen molar-refractivity contribution in [1.82, 2.24) is 5.32 Å². The molecule has 0 atom stereocenters. The fraction of sp³-hybridized carbons (Fsp3) is 0.526. The number of rotatable bonds is 4. The minimum Gasteiger partial charge on any atom is -0.452 e. The Morgan fingerprint density at radius 1 is 1.21 bits per heavy atom. The highest BCUT2D eigenvalue weighted by Crippen LogP contribution is 2.42. The summed E-state index contributed by atoms with van der Waals surface area (Å²) in [5.74, 6) is -0.891. The van der Waals surface area contributed by atoms with E-state index in [1.807, 2.05) is 4.90 Å². The Labute approximate surface area is 174 Å². The number of esters is 1. The molecule has 29 heavy (non-hydrogen) atoms. The van der Waals surface area contributed by atoms with Crippen LogP contribution in [0, 0.1) is 0 Å². The first-order valence-corrected chi connectivity index (χ1v) is 12.2. The molecule has 2 aliphatic heterocycles. The van der Waals surface area contributed by atoms with Crippen molar-refractivity contribution in [2.24, 2.45) is 4.40 Å². The van der Waals surface area contributed by atoms with Crippen molar-refractivity contribution in [2.45, 2.75) is 49.5 Å². The Kier molecular flexibility index (Phi) is 5.82. The van der Waals surface area contributed by atoms with Crippen LogP contribution in [0.15, 0.2) is 27.5 Å². The van der Waals surface area contributed by atoms with Gasteiger partial charge in [-0.25, -0.2) is 13.2 Å². The normalized spacial score (nSPS) is 20.8. The maximum atomic E-state index is 12.4. The second kappa shape index (κ2) is 8.35. The Bertz CT molecular complexity index is 953. The maximum Gasteiger partial charge on any atom is 0.338 e. The third kappa shape index (κ3) is 4.75. The molecule has 1 aliphatic carbocycles. The van der Waals surface area contributed by atoms with Crippen molar-refractivity contribution in [3.63, 3.8) is 0 Å². The number of amidine groups is 1. The van der Waals surface area contributed by atoms with E-state index in [2.05, 4.69) is 9.71 Å². The van der Waals surface area contributed by atoms with Gasteiger partial charge in [-0.1, -0.05) is 25.7 Å². The number of hydrogen-bond acceptors (Lipinski definition) is 7. The van der Waals surface area contributed by atoms with E-state index in [4.69, 9.17) is 4.74 Å². The summed E-state index contributed by atoms with van der Waals surface area (Å²) in [4.78, 5) is 27.0. The number of hydrogen-bond donors (Lipinski definition) is 1. The van der Waals surface area contributed by atoms with E-state index in [0.29, 0.717) is 17.3 Å². The standard InChI is InChI=1S/C19H23N3O5S2/c23-17(20-14-5-3-1-2-4-6-14)12-27-18(24)13-7-8-15-16(11-13)28-19-21-29(25,26)10-9-22(15)19/h7-8,11,14H,1-6,9-10,12H2,(H,20,23). The average Bonchev–Trinajstić information content (AvgIpc) is 2.83. The van der Waals surface area contributed by atoms with Gasteiger partial charge >= 0.3 is 5.97 Å². The lowest BCUT2D eigenvalue weighted by Crippen LogP contribution is -2.37. The van der Waals surface area contributed by atoms with Crippen LogP contribution in [0.1, 0.15) is 48.9 Å². The molecule has 0 unspecified atom stereocenters. The molecular weight excluding hydrogens is 414 g/mol. The summed E-state index contributed by atoms with van der Waals surface area (Å²) in [7, 11) is -3.42. The van der Waals surface area contributed by atoms with E-state index in [1.54, 1.807) is 18.2 Å². The predicted octanol–water partition coefficient (Wildman–Crippen LogP) is 2.29. The van der Waals surface area contributed by atoms with Gasteiger partial charge in [-0.05, 0) is 42.8 Å². The minimum absolute atomic E-state index is 0.0314. The van der Waals surface area contributed by atoms with Gasteiger partial charge in [0.25, 0.3) is 15.9 Å². The third-order valence-electron chi connectivity index (χ3n) is 5.26. The van der Waals surface area contributed by atoms with E-state index < -0.39 is 16.0 Å². The first-order chi connectivity index (χ1) is 13.9. The van der Waals surface area contributed by atoms with Crippen LogP contribution in [0.2, 0.25) is 0 Å². The molecule has 0 aromatic heterocycles. The number of carbonyl (C=O) groups excluding carboxylic acids is 2. The summed E-state index contributed by atoms with van der Waals surface area (Å²) in [6.07, 6.45) is 6.57. The lowest BCUT2D eigenvalue weighted by molar-refractivity contribution is -0.125. The van der Waals surface area contributed by atoms with Crippen LogP contribution in [-0.4, -0.2) is 50.4 Å². The second-order valence-electron chi connectivity index (χ2n) is 7.43. The van der Waals surface area contributed by atoms with Crippen LogP contribution in [-0.2, 0) is 19.6 Å². The van der Waals surface area contributed by atoms with Crippen molar-refractivity contribution >= 4 is 44.5 Å². The monoisotopic (exact) mass is 437 g/mol. The summed E-state index contributed by atoms with van der Waals surface area (Å²) >= 11 is 1.21. The molecule has 0 spiro atoms. The Morgan fingerprint density at radius 3 is 2.72 bits per heavy atom. The number of fused-ring (bicyclic) bond motifs is 3. The highest BCUT2D eigenvalue weighted by molar-refractivity contribution is 8.15. The molecule has 156 valence electrons. The summed E-state index contributed by atoms with van der Waals surface area (Å²) in [6, 6.07) is 5.19. The van der Waals surface area contributed by atoms with Crippen molar-refractivity contribution in [2.75, 3.05) is 23.8 Å². The first kappa shape index (κ1) is 20.2. The van der Waals surface area contributed by atoms with E-state index >= 15 is 0 Å². The largest absolute Gasteiger partial charge is 0.452 e. The summed E-state index contributed by atoms with van der Waals surface area (Å²) in [6.45, 7) is 0.0307. The number of sulfonamides is 1. The fourth-order valence-corrected chi connectivity index (χ4v) is 6.06. The van der Waals surface area contributed by atoms with Gasteiger partial charge in [0.15, 0.2) is 11.8 Å². The van der Waals surface area contributed by atoms with Crippen molar-refractivity contribution < 1.29 is 22.7 Å². The van der Waals surface area contributed by atoms with Gasteiger partial charge in [-0.3, -0.25) is 4.79 Å². The van der Waals surface area contributed by atoms with Gasteiger partial charge in [-0.15, -0.1) is 4.40 Å². The second-order valence-corrected chi connectivity index (χ2v) is 10.2. The van der Waals surface area contributed by atoms with E-state index in [-0.39, 0.29) is 24.3 Å². The summed E-state index contributed by atoms with van der Waals surface area (Å²) in [5, 5.41) is 3.35. The molecule has 1 aromatic carbocycles. The molecule has 4 rings (SSSR count). The zero-order valence-electron chi connectivity index (χ0n) is 15.9. The fourth-order valence-electron chi connectivity index (χ4n) is 3.77. The molecular formula is C19H23N3O5S2. The van der Waals surface area contributed by atoms with Gasteiger partial charge in [-0.2, -0.15) is 0 Å². The van der Waals surface area contributed by atoms with Crippen LogP contribution < -0.4 is 10.2 Å². The Balaban J connectivity index is 1.35. The molecule has 10 heteroatoms. The average molecular weight is 438 g/mol. The number of nitrogens with zero attached hydrogens (tertiary/aromatic N) is 2. The van der Waals surface area contributed by atoms with Crippen LogP contribution in [0.5, 0.6) is 0 Å². The summed E-state index contributed by atoms with van der Waals surface area (Å²) < 4.78 is 32.4. The van der Waals surface area contributed by atoms with Crippen molar-refractivity contribution in [3.8, 4) is 0 Å². The van der Waals surface area contributed by atoms with Crippen LogP contribution in [0.3, 0.4) is 0 Å². The van der Waals surface area contributed by atoms with Crippen LogP contribution in [0.25, 0.3) is 0 Å². The number of anilines is 1. The van der Waals surface area contributed by atoms with E-state index in [0.717, 1.165) is 36.3 Å². The van der Waals surface area contributed by atoms with Gasteiger partial charge in [0, 0.05) is 17.5 Å². The smallest absolute Gasteiger partial charge is 0.338 e. The van der Waals surface area contributed by atoms with Gasteiger partial charge < -0.3 is 15.0 Å². The van der Waals surface area contributed by atoms with Crippen molar-refractivity contribution in [3.05, 3.63) is 23.8 Å². The van der Waals surface area contributed by atoms with Gasteiger partial charge in [0.2, 0.25) is 0 Å². The molecule has 2 heterocycles. The first-order valence-electron chi connectivity index (χ1n) is 9.80. The zero-order chi connectivity index (χ0) is 20.4. The quantitative estimate of drug-likeness (QED) is 0.569. The number of carbonyl (C=O) groups is 2. The van der Waals surface area contributed by atoms with Crippen molar-refractivity contribution in [1.29, 1.82) is 0 Å². The summed E-state index contributed by atoms with van der Waals surface area (Å²) in [5.41, 5.74) is 1.15. The van der Waals surface area contributed by atoms with Gasteiger partial charge in [0.05, 0.1) is 17.0 Å². The highest BCUT2D eigenvalue weighted by atomic mass is 32.2. The molecule has 0 radical (unpaired) electrons. The molecule has 1 N–H and O–H groups in total. The molecule has 1 saturated carbocycles. The molecule has 3 aliphatic rings. The number of ether oxygens (including phenoxy) is 1. The molecule has 0 saturated heterocycles. The predicted molar refractivity (Wildman–Crippen MR) is 111 cm³/mol. The van der Waals surface area contributed by atoms with Crippen LogP contribution in [0.4, 0.5) is 5.69 Å². The third-order valence-corrected chi connectivity index (χ3v) is 7.57. The Hall–Kier alpha value is -2.07. The van der Waals surface area contributed by atoms with Crippen LogP contribution >= 0.6 is 11.8 Å². The molecule has 0 bridgehead atoms. The minimum atomic E-state index is -3.42. The number of amides is 1. The number of nitrogens with one attached hydrogen (secondary N) is 1. The Morgan fingerprint density at radius 2 is 1.97 bits per heavy atom. The molecule has 8 nitrogen and oxygen atoms in total. The number of benzene rings is 1.